The lowest BCUT2D eigenvalue weighted by Gasteiger charge is -2.34. The van der Waals surface area contributed by atoms with Gasteiger partial charge in [0.05, 0.1) is 5.66 Å². The van der Waals surface area contributed by atoms with E-state index in [1.165, 1.54) is 19.3 Å². The maximum atomic E-state index is 6.27. The Hall–Kier alpha value is -0.160. The molecule has 1 atom stereocenters. The lowest BCUT2D eigenvalue weighted by atomic mass is 9.93. The molecule has 4 heteroatoms. The minimum absolute atomic E-state index is 0.227. The summed E-state index contributed by atoms with van der Waals surface area (Å²) in [5.41, 5.74) is 12.0. The average molecular weight is 272 g/mol. The van der Waals surface area contributed by atoms with Gasteiger partial charge in [-0.1, -0.05) is 33.6 Å². The quantitative estimate of drug-likeness (QED) is 0.305. The van der Waals surface area contributed by atoms with Crippen LogP contribution in [0.4, 0.5) is 0 Å². The average Bonchev–Trinajstić information content (AvgIpc) is 2.38. The van der Waals surface area contributed by atoms with E-state index in [4.69, 9.17) is 11.5 Å². The van der Waals surface area contributed by atoms with Crippen LogP contribution in [0.25, 0.3) is 0 Å². The van der Waals surface area contributed by atoms with Gasteiger partial charge in [0, 0.05) is 6.04 Å². The van der Waals surface area contributed by atoms with E-state index >= 15 is 0 Å². The smallest absolute Gasteiger partial charge is 0.0794 e. The summed E-state index contributed by atoms with van der Waals surface area (Å²) in [5.74, 6) is 0. The molecule has 0 heterocycles. The number of unbranched alkanes of at least 4 members (excludes halogenated alkanes) is 2. The molecule has 0 radical (unpaired) electrons. The molecule has 116 valence electrons. The standard InChI is InChI=1S/C15H36N4/c1-4-11-18-13-9-7-8-10-15(16,17)14(6-3)19-12-5-2/h14,18-19H,4-13,16-17H2,1-3H3. The molecule has 0 rings (SSSR count). The Labute approximate surface area is 120 Å². The second-order valence-electron chi connectivity index (χ2n) is 5.59. The highest BCUT2D eigenvalue weighted by Gasteiger charge is 2.28. The molecule has 0 aliphatic carbocycles. The van der Waals surface area contributed by atoms with Crippen molar-refractivity contribution in [1.29, 1.82) is 0 Å². The maximum absolute atomic E-state index is 6.27. The molecular formula is C15H36N4. The molecule has 4 nitrogen and oxygen atoms in total. The largest absolute Gasteiger partial charge is 0.317 e. The Balaban J connectivity index is 3.74. The SMILES string of the molecule is CCCNCCCCCC(N)(N)C(CC)NCCC. The van der Waals surface area contributed by atoms with Gasteiger partial charge in [0.2, 0.25) is 0 Å². The van der Waals surface area contributed by atoms with Crippen molar-refractivity contribution in [3.8, 4) is 0 Å². The number of nitrogens with two attached hydrogens (primary N) is 2. The third kappa shape index (κ3) is 9.38. The van der Waals surface area contributed by atoms with Crippen molar-refractivity contribution >= 4 is 0 Å². The summed E-state index contributed by atoms with van der Waals surface area (Å²) in [6.45, 7) is 9.74. The first-order valence-electron chi connectivity index (χ1n) is 8.10. The predicted octanol–water partition coefficient (Wildman–Crippen LogP) is 1.94. The Kier molecular flexibility index (Phi) is 11.6. The minimum Gasteiger partial charge on any atom is -0.317 e. The second kappa shape index (κ2) is 11.6. The molecule has 19 heavy (non-hydrogen) atoms. The molecule has 0 bridgehead atoms. The lowest BCUT2D eigenvalue weighted by molar-refractivity contribution is 0.268. The van der Waals surface area contributed by atoms with Gasteiger partial charge in [-0.2, -0.15) is 0 Å². The number of hydrogen-bond donors (Lipinski definition) is 4. The van der Waals surface area contributed by atoms with Crippen molar-refractivity contribution in [3.63, 3.8) is 0 Å². The third-order valence-electron chi connectivity index (χ3n) is 3.59. The molecule has 0 aliphatic heterocycles. The van der Waals surface area contributed by atoms with Gasteiger partial charge >= 0.3 is 0 Å². The van der Waals surface area contributed by atoms with E-state index in [1.807, 2.05) is 0 Å². The second-order valence-corrected chi connectivity index (χ2v) is 5.59. The van der Waals surface area contributed by atoms with Gasteiger partial charge in [0.25, 0.3) is 0 Å². The first kappa shape index (κ1) is 18.8. The van der Waals surface area contributed by atoms with Crippen LogP contribution in [-0.2, 0) is 0 Å². The van der Waals surface area contributed by atoms with Crippen molar-refractivity contribution in [1.82, 2.24) is 10.6 Å². The third-order valence-corrected chi connectivity index (χ3v) is 3.59. The highest BCUT2D eigenvalue weighted by molar-refractivity contribution is 4.89. The summed E-state index contributed by atoms with van der Waals surface area (Å²) in [7, 11) is 0. The Morgan fingerprint density at radius 3 is 2.16 bits per heavy atom. The van der Waals surface area contributed by atoms with Crippen molar-refractivity contribution < 1.29 is 0 Å². The minimum atomic E-state index is -0.569. The van der Waals surface area contributed by atoms with E-state index in [-0.39, 0.29) is 6.04 Å². The van der Waals surface area contributed by atoms with Crippen LogP contribution in [0.3, 0.4) is 0 Å². The Morgan fingerprint density at radius 2 is 1.58 bits per heavy atom. The van der Waals surface area contributed by atoms with Crippen LogP contribution in [0.2, 0.25) is 0 Å². The van der Waals surface area contributed by atoms with Crippen LogP contribution in [0.5, 0.6) is 0 Å². The lowest BCUT2D eigenvalue weighted by Crippen LogP contribution is -2.63. The van der Waals surface area contributed by atoms with Gasteiger partial charge in [0.15, 0.2) is 0 Å². The van der Waals surface area contributed by atoms with E-state index in [2.05, 4.69) is 31.4 Å². The Bertz CT molecular complexity index is 195. The fraction of sp³-hybridized carbons (Fsp3) is 1.00. The molecule has 0 aliphatic rings. The maximum Gasteiger partial charge on any atom is 0.0794 e. The summed E-state index contributed by atoms with van der Waals surface area (Å²) in [4.78, 5) is 0. The highest BCUT2D eigenvalue weighted by Crippen LogP contribution is 2.13. The van der Waals surface area contributed by atoms with Gasteiger partial charge in [-0.15, -0.1) is 0 Å². The summed E-state index contributed by atoms with van der Waals surface area (Å²) in [6, 6.07) is 0.227. The van der Waals surface area contributed by atoms with Gasteiger partial charge < -0.3 is 22.1 Å². The molecule has 0 fully saturated rings. The van der Waals surface area contributed by atoms with Crippen LogP contribution in [0, 0.1) is 0 Å². The summed E-state index contributed by atoms with van der Waals surface area (Å²) in [5, 5.41) is 6.89. The zero-order valence-electron chi connectivity index (χ0n) is 13.3. The number of rotatable bonds is 13. The predicted molar refractivity (Wildman–Crippen MR) is 85.1 cm³/mol. The van der Waals surface area contributed by atoms with E-state index in [0.717, 1.165) is 45.3 Å². The fourth-order valence-corrected chi connectivity index (χ4v) is 2.37. The molecule has 0 saturated heterocycles. The normalized spacial score (nSPS) is 13.7. The zero-order chi connectivity index (χ0) is 14.6. The first-order valence-corrected chi connectivity index (χ1v) is 8.10. The molecule has 0 aromatic heterocycles. The molecule has 6 N–H and O–H groups in total. The van der Waals surface area contributed by atoms with Gasteiger partial charge in [0.1, 0.15) is 0 Å². The number of hydrogen-bond acceptors (Lipinski definition) is 4. The van der Waals surface area contributed by atoms with Crippen LogP contribution in [0.15, 0.2) is 0 Å². The highest BCUT2D eigenvalue weighted by atomic mass is 15.1. The monoisotopic (exact) mass is 272 g/mol. The van der Waals surface area contributed by atoms with E-state index in [1.54, 1.807) is 0 Å². The summed E-state index contributed by atoms with van der Waals surface area (Å²) in [6.07, 6.45) is 7.75. The summed E-state index contributed by atoms with van der Waals surface area (Å²) >= 11 is 0. The first-order chi connectivity index (χ1) is 9.08. The fourth-order valence-electron chi connectivity index (χ4n) is 2.37. The van der Waals surface area contributed by atoms with E-state index in [0.29, 0.717) is 0 Å². The van der Waals surface area contributed by atoms with Gasteiger partial charge in [-0.25, -0.2) is 0 Å². The van der Waals surface area contributed by atoms with Crippen LogP contribution >= 0.6 is 0 Å². The van der Waals surface area contributed by atoms with Gasteiger partial charge in [-0.05, 0) is 51.7 Å². The van der Waals surface area contributed by atoms with Crippen LogP contribution in [-0.4, -0.2) is 31.3 Å². The van der Waals surface area contributed by atoms with Crippen LogP contribution < -0.4 is 22.1 Å². The number of nitrogens with one attached hydrogen (secondary N) is 2. The topological polar surface area (TPSA) is 76.1 Å². The molecule has 1 unspecified atom stereocenters. The molecule has 0 aromatic carbocycles. The molecule has 0 spiro atoms. The molecule has 0 aromatic rings. The summed E-state index contributed by atoms with van der Waals surface area (Å²) < 4.78 is 0. The van der Waals surface area contributed by atoms with Crippen molar-refractivity contribution in [2.24, 2.45) is 11.5 Å². The van der Waals surface area contributed by atoms with Gasteiger partial charge in [-0.3, -0.25) is 0 Å². The van der Waals surface area contributed by atoms with E-state index in [9.17, 15) is 0 Å². The molecular weight excluding hydrogens is 236 g/mol. The van der Waals surface area contributed by atoms with Crippen molar-refractivity contribution in [2.75, 3.05) is 19.6 Å². The Morgan fingerprint density at radius 1 is 0.895 bits per heavy atom. The molecule has 0 amide bonds. The van der Waals surface area contributed by atoms with Crippen molar-refractivity contribution in [3.05, 3.63) is 0 Å². The molecule has 0 saturated carbocycles. The van der Waals surface area contributed by atoms with Crippen LogP contribution in [0.1, 0.15) is 65.7 Å². The van der Waals surface area contributed by atoms with E-state index < -0.39 is 5.66 Å². The zero-order valence-corrected chi connectivity index (χ0v) is 13.3. The van der Waals surface area contributed by atoms with Crippen molar-refractivity contribution in [2.45, 2.75) is 77.4 Å².